The van der Waals surface area contributed by atoms with Gasteiger partial charge in [0, 0.05) is 6.54 Å². The van der Waals surface area contributed by atoms with Gasteiger partial charge in [-0.2, -0.15) is 0 Å². The summed E-state index contributed by atoms with van der Waals surface area (Å²) in [6, 6.07) is 3.93. The van der Waals surface area contributed by atoms with Crippen LogP contribution in [0.4, 0.5) is 8.78 Å². The van der Waals surface area contributed by atoms with Crippen molar-refractivity contribution < 1.29 is 13.5 Å². The van der Waals surface area contributed by atoms with E-state index in [2.05, 4.69) is 5.32 Å². The third-order valence-corrected chi connectivity index (χ3v) is 2.19. The maximum absolute atomic E-state index is 12.8. The van der Waals surface area contributed by atoms with Gasteiger partial charge in [-0.1, -0.05) is 13.0 Å². The molecule has 0 spiro atoms. The number of nitrogens with one attached hydrogen (secondary N) is 1. The van der Waals surface area contributed by atoms with Crippen molar-refractivity contribution in [3.8, 4) is 0 Å². The van der Waals surface area contributed by atoms with E-state index in [0.29, 0.717) is 19.6 Å². The topological polar surface area (TPSA) is 21.3 Å². The molecule has 0 heterocycles. The lowest BCUT2D eigenvalue weighted by Crippen LogP contribution is -2.19. The molecule has 1 aromatic rings. The highest BCUT2D eigenvalue weighted by molar-refractivity contribution is 5.17. The van der Waals surface area contributed by atoms with Crippen molar-refractivity contribution in [3.05, 3.63) is 35.4 Å². The number of ether oxygens (including phenoxy) is 1. The Morgan fingerprint density at radius 1 is 1.19 bits per heavy atom. The molecule has 1 N–H and O–H groups in total. The molecule has 16 heavy (non-hydrogen) atoms. The Hall–Kier alpha value is -1.00. The molecule has 0 unspecified atom stereocenters. The van der Waals surface area contributed by atoms with Crippen molar-refractivity contribution in [1.29, 1.82) is 0 Å². The number of benzene rings is 1. The van der Waals surface area contributed by atoms with E-state index in [0.717, 1.165) is 24.7 Å². The smallest absolute Gasteiger partial charge is 0.159 e. The fourth-order valence-electron chi connectivity index (χ4n) is 1.31. The Morgan fingerprint density at radius 3 is 2.69 bits per heavy atom. The van der Waals surface area contributed by atoms with Crippen LogP contribution in [0.1, 0.15) is 12.5 Å². The molecular formula is C12H17F2NO. The summed E-state index contributed by atoms with van der Waals surface area (Å²) in [5, 5.41) is 3.13. The van der Waals surface area contributed by atoms with Crippen molar-refractivity contribution in [2.45, 2.75) is 13.3 Å². The van der Waals surface area contributed by atoms with Gasteiger partial charge in [-0.3, -0.25) is 0 Å². The van der Waals surface area contributed by atoms with Gasteiger partial charge in [-0.25, -0.2) is 8.78 Å². The molecule has 1 rings (SSSR count). The molecule has 0 atom stereocenters. The number of hydrogen-bond acceptors (Lipinski definition) is 2. The molecule has 0 saturated carbocycles. The average molecular weight is 229 g/mol. The summed E-state index contributed by atoms with van der Waals surface area (Å²) in [6.07, 6.45) is 0.601. The van der Waals surface area contributed by atoms with Gasteiger partial charge in [0.1, 0.15) is 0 Å². The molecule has 0 aliphatic carbocycles. The van der Waals surface area contributed by atoms with E-state index in [4.69, 9.17) is 4.74 Å². The van der Waals surface area contributed by atoms with Crippen LogP contribution in [0.25, 0.3) is 0 Å². The highest BCUT2D eigenvalue weighted by atomic mass is 19.2. The zero-order chi connectivity index (χ0) is 11.8. The molecule has 0 aliphatic heterocycles. The predicted octanol–water partition coefficient (Wildman–Crippen LogP) is 2.13. The fraction of sp³-hybridized carbons (Fsp3) is 0.500. The summed E-state index contributed by atoms with van der Waals surface area (Å²) in [5.41, 5.74) is 0.752. The van der Waals surface area contributed by atoms with Crippen molar-refractivity contribution in [2.24, 2.45) is 0 Å². The second kappa shape index (κ2) is 7.30. The standard InChI is InChI=1S/C12H17F2NO/c1-2-15-6-8-16-7-5-10-3-4-11(13)12(14)9-10/h3-4,9,15H,2,5-8H2,1H3. The van der Waals surface area contributed by atoms with Crippen molar-refractivity contribution in [3.63, 3.8) is 0 Å². The highest BCUT2D eigenvalue weighted by Gasteiger charge is 2.02. The summed E-state index contributed by atoms with van der Waals surface area (Å²) >= 11 is 0. The average Bonchev–Trinajstić information content (AvgIpc) is 2.28. The summed E-state index contributed by atoms with van der Waals surface area (Å²) < 4.78 is 30.8. The van der Waals surface area contributed by atoms with Gasteiger partial charge in [0.05, 0.1) is 13.2 Å². The Labute approximate surface area is 94.6 Å². The van der Waals surface area contributed by atoms with Gasteiger partial charge in [0.2, 0.25) is 0 Å². The molecular weight excluding hydrogens is 212 g/mol. The van der Waals surface area contributed by atoms with E-state index in [9.17, 15) is 8.78 Å². The van der Waals surface area contributed by atoms with Gasteiger partial charge in [-0.15, -0.1) is 0 Å². The molecule has 2 nitrogen and oxygen atoms in total. The molecule has 0 bridgehead atoms. The van der Waals surface area contributed by atoms with Crippen LogP contribution in [0, 0.1) is 11.6 Å². The molecule has 0 fully saturated rings. The minimum Gasteiger partial charge on any atom is -0.380 e. The van der Waals surface area contributed by atoms with Crippen molar-refractivity contribution >= 4 is 0 Å². The number of hydrogen-bond donors (Lipinski definition) is 1. The third kappa shape index (κ3) is 4.68. The van der Waals surface area contributed by atoms with Crippen LogP contribution in [-0.4, -0.2) is 26.3 Å². The first-order chi connectivity index (χ1) is 7.74. The fourth-order valence-corrected chi connectivity index (χ4v) is 1.31. The molecule has 0 saturated heterocycles. The number of rotatable bonds is 7. The Bertz CT molecular complexity index is 318. The molecule has 0 aliphatic rings. The maximum Gasteiger partial charge on any atom is 0.159 e. The number of halogens is 2. The monoisotopic (exact) mass is 229 g/mol. The van der Waals surface area contributed by atoms with Crippen LogP contribution in [0.2, 0.25) is 0 Å². The van der Waals surface area contributed by atoms with Crippen molar-refractivity contribution in [1.82, 2.24) is 5.32 Å². The van der Waals surface area contributed by atoms with Crippen molar-refractivity contribution in [2.75, 3.05) is 26.3 Å². The second-order valence-electron chi connectivity index (χ2n) is 3.46. The first-order valence-electron chi connectivity index (χ1n) is 5.46. The zero-order valence-corrected chi connectivity index (χ0v) is 9.43. The molecule has 0 amide bonds. The largest absolute Gasteiger partial charge is 0.380 e. The minimum absolute atomic E-state index is 0.524. The summed E-state index contributed by atoms with van der Waals surface area (Å²) in [7, 11) is 0. The lowest BCUT2D eigenvalue weighted by atomic mass is 10.1. The molecule has 0 aromatic heterocycles. The second-order valence-corrected chi connectivity index (χ2v) is 3.46. The van der Waals surface area contributed by atoms with E-state index in [1.807, 2.05) is 6.92 Å². The maximum atomic E-state index is 12.8. The van der Waals surface area contributed by atoms with E-state index < -0.39 is 11.6 Å². The molecule has 0 radical (unpaired) electrons. The van der Waals surface area contributed by atoms with Gasteiger partial charge in [0.15, 0.2) is 11.6 Å². The Balaban J connectivity index is 2.19. The first-order valence-corrected chi connectivity index (χ1v) is 5.46. The number of likely N-dealkylation sites (N-methyl/N-ethyl adjacent to an activating group) is 1. The Kier molecular flexibility index (Phi) is 5.96. The van der Waals surface area contributed by atoms with Crippen LogP contribution in [-0.2, 0) is 11.2 Å². The molecule has 4 heteroatoms. The van der Waals surface area contributed by atoms with Gasteiger partial charge in [-0.05, 0) is 30.7 Å². The van der Waals surface area contributed by atoms with E-state index in [-0.39, 0.29) is 0 Å². The van der Waals surface area contributed by atoms with Gasteiger partial charge >= 0.3 is 0 Å². The van der Waals surface area contributed by atoms with E-state index in [1.54, 1.807) is 6.07 Å². The third-order valence-electron chi connectivity index (χ3n) is 2.19. The first kappa shape index (κ1) is 13.1. The van der Waals surface area contributed by atoms with Gasteiger partial charge < -0.3 is 10.1 Å². The zero-order valence-electron chi connectivity index (χ0n) is 9.43. The van der Waals surface area contributed by atoms with E-state index >= 15 is 0 Å². The normalized spacial score (nSPS) is 10.7. The Morgan fingerprint density at radius 2 is 2.00 bits per heavy atom. The van der Waals surface area contributed by atoms with E-state index in [1.165, 1.54) is 6.07 Å². The van der Waals surface area contributed by atoms with Crippen LogP contribution < -0.4 is 5.32 Å². The highest BCUT2D eigenvalue weighted by Crippen LogP contribution is 2.09. The van der Waals surface area contributed by atoms with Crippen LogP contribution in [0.15, 0.2) is 18.2 Å². The van der Waals surface area contributed by atoms with Crippen LogP contribution in [0.3, 0.4) is 0 Å². The van der Waals surface area contributed by atoms with Crippen LogP contribution >= 0.6 is 0 Å². The van der Waals surface area contributed by atoms with Gasteiger partial charge in [0.25, 0.3) is 0 Å². The SMILES string of the molecule is CCNCCOCCc1ccc(F)c(F)c1. The summed E-state index contributed by atoms with van der Waals surface area (Å²) in [6.45, 7) is 4.93. The summed E-state index contributed by atoms with van der Waals surface area (Å²) in [5.74, 6) is -1.61. The minimum atomic E-state index is -0.809. The lowest BCUT2D eigenvalue weighted by molar-refractivity contribution is 0.139. The quantitative estimate of drug-likeness (QED) is 0.723. The lowest BCUT2D eigenvalue weighted by Gasteiger charge is -2.05. The molecule has 1 aromatic carbocycles. The summed E-state index contributed by atoms with van der Waals surface area (Å²) in [4.78, 5) is 0. The predicted molar refractivity (Wildman–Crippen MR) is 59.4 cm³/mol. The molecule has 90 valence electrons. The van der Waals surface area contributed by atoms with Crippen LogP contribution in [0.5, 0.6) is 0 Å².